The molecule has 0 unspecified atom stereocenters. The SMILES string of the molecule is O=C(/C=C/c1cccnc1)c1cccc(NCc2csc3ccccc23)c1. The second-order valence-corrected chi connectivity index (χ2v) is 7.09. The summed E-state index contributed by atoms with van der Waals surface area (Å²) in [7, 11) is 0. The van der Waals surface area contributed by atoms with Crippen molar-refractivity contribution in [2.75, 3.05) is 5.32 Å². The number of thiophene rings is 1. The number of benzene rings is 2. The number of hydrogen-bond donors (Lipinski definition) is 1. The molecule has 0 aliphatic heterocycles. The van der Waals surface area contributed by atoms with Gasteiger partial charge in [-0.3, -0.25) is 9.78 Å². The van der Waals surface area contributed by atoms with E-state index >= 15 is 0 Å². The van der Waals surface area contributed by atoms with Crippen LogP contribution in [0.2, 0.25) is 0 Å². The summed E-state index contributed by atoms with van der Waals surface area (Å²) in [5, 5.41) is 6.89. The van der Waals surface area contributed by atoms with Gasteiger partial charge >= 0.3 is 0 Å². The number of aromatic nitrogens is 1. The van der Waals surface area contributed by atoms with Crippen LogP contribution in [0.25, 0.3) is 16.2 Å². The average molecular weight is 370 g/mol. The van der Waals surface area contributed by atoms with Crippen molar-refractivity contribution in [3.8, 4) is 0 Å². The highest BCUT2D eigenvalue weighted by molar-refractivity contribution is 7.17. The van der Waals surface area contributed by atoms with Crippen molar-refractivity contribution in [2.45, 2.75) is 6.54 Å². The first-order valence-electron chi connectivity index (χ1n) is 8.71. The van der Waals surface area contributed by atoms with Crippen LogP contribution in [-0.2, 0) is 6.54 Å². The number of hydrogen-bond acceptors (Lipinski definition) is 4. The molecule has 0 spiro atoms. The van der Waals surface area contributed by atoms with Gasteiger partial charge in [-0.1, -0.05) is 36.4 Å². The van der Waals surface area contributed by atoms with E-state index in [-0.39, 0.29) is 5.78 Å². The predicted octanol–water partition coefficient (Wildman–Crippen LogP) is 5.80. The summed E-state index contributed by atoms with van der Waals surface area (Å²) in [5.41, 5.74) is 3.77. The number of nitrogens with one attached hydrogen (secondary N) is 1. The zero-order valence-corrected chi connectivity index (χ0v) is 15.4. The lowest BCUT2D eigenvalue weighted by Crippen LogP contribution is -2.01. The van der Waals surface area contributed by atoms with Gasteiger partial charge in [0.25, 0.3) is 0 Å². The van der Waals surface area contributed by atoms with Crippen molar-refractivity contribution >= 4 is 39.0 Å². The third-order valence-electron chi connectivity index (χ3n) is 4.30. The molecule has 132 valence electrons. The second-order valence-electron chi connectivity index (χ2n) is 6.18. The van der Waals surface area contributed by atoms with Crippen molar-refractivity contribution in [1.82, 2.24) is 4.98 Å². The minimum absolute atomic E-state index is 0.0245. The van der Waals surface area contributed by atoms with Crippen LogP contribution in [0.5, 0.6) is 0 Å². The maximum Gasteiger partial charge on any atom is 0.185 e. The standard InChI is InChI=1S/C23H18N2OS/c26-22(11-10-17-5-4-12-24-14-17)18-6-3-7-20(13-18)25-15-19-16-27-23-9-2-1-8-21(19)23/h1-14,16,25H,15H2/b11-10+. The van der Waals surface area contributed by atoms with E-state index in [9.17, 15) is 4.79 Å². The van der Waals surface area contributed by atoms with Crippen molar-refractivity contribution < 1.29 is 4.79 Å². The number of pyridine rings is 1. The normalized spacial score (nSPS) is 11.1. The second kappa shape index (κ2) is 7.98. The Balaban J connectivity index is 1.46. The molecule has 0 radical (unpaired) electrons. The van der Waals surface area contributed by atoms with Gasteiger partial charge < -0.3 is 5.32 Å². The quantitative estimate of drug-likeness (QED) is 0.344. The Morgan fingerprint density at radius 1 is 1.07 bits per heavy atom. The first kappa shape index (κ1) is 17.2. The molecule has 0 aliphatic carbocycles. The molecule has 0 bridgehead atoms. The minimum atomic E-state index is -0.0245. The number of nitrogens with zero attached hydrogens (tertiary/aromatic N) is 1. The first-order valence-corrected chi connectivity index (χ1v) is 9.59. The zero-order valence-electron chi connectivity index (χ0n) is 14.6. The van der Waals surface area contributed by atoms with Crippen LogP contribution < -0.4 is 5.32 Å². The first-order chi connectivity index (χ1) is 13.3. The van der Waals surface area contributed by atoms with E-state index in [1.54, 1.807) is 35.9 Å². The van der Waals surface area contributed by atoms with Gasteiger partial charge in [0.05, 0.1) is 0 Å². The van der Waals surface area contributed by atoms with Crippen LogP contribution >= 0.6 is 11.3 Å². The summed E-state index contributed by atoms with van der Waals surface area (Å²) < 4.78 is 1.29. The number of ketones is 1. The van der Waals surface area contributed by atoms with Crippen LogP contribution in [0.3, 0.4) is 0 Å². The maximum atomic E-state index is 12.4. The smallest absolute Gasteiger partial charge is 0.185 e. The molecule has 1 N–H and O–H groups in total. The van der Waals surface area contributed by atoms with Crippen LogP contribution in [0, 0.1) is 0 Å². The lowest BCUT2D eigenvalue weighted by Gasteiger charge is -2.07. The zero-order chi connectivity index (χ0) is 18.5. The van der Waals surface area contributed by atoms with E-state index in [4.69, 9.17) is 0 Å². The van der Waals surface area contributed by atoms with Crippen molar-refractivity contribution in [1.29, 1.82) is 0 Å². The number of allylic oxidation sites excluding steroid dienone is 1. The Morgan fingerprint density at radius 2 is 2.00 bits per heavy atom. The van der Waals surface area contributed by atoms with Crippen molar-refractivity contribution in [2.24, 2.45) is 0 Å². The minimum Gasteiger partial charge on any atom is -0.381 e. The number of rotatable bonds is 6. The molecule has 0 saturated heterocycles. The third kappa shape index (κ3) is 4.13. The van der Waals surface area contributed by atoms with Crippen LogP contribution in [0.15, 0.2) is 84.5 Å². The van der Waals surface area contributed by atoms with Gasteiger partial charge in [-0.2, -0.15) is 0 Å². The van der Waals surface area contributed by atoms with E-state index < -0.39 is 0 Å². The summed E-state index contributed by atoms with van der Waals surface area (Å²) in [4.78, 5) is 16.5. The summed E-state index contributed by atoms with van der Waals surface area (Å²) in [6.07, 6.45) is 6.81. The molecule has 0 saturated carbocycles. The molecule has 27 heavy (non-hydrogen) atoms. The monoisotopic (exact) mass is 370 g/mol. The highest BCUT2D eigenvalue weighted by atomic mass is 32.1. The fourth-order valence-corrected chi connectivity index (χ4v) is 3.85. The topological polar surface area (TPSA) is 42.0 Å². The van der Waals surface area contributed by atoms with E-state index in [2.05, 4.69) is 39.9 Å². The van der Waals surface area contributed by atoms with E-state index in [1.807, 2.05) is 36.4 Å². The van der Waals surface area contributed by atoms with E-state index in [0.29, 0.717) is 5.56 Å². The van der Waals surface area contributed by atoms with E-state index in [1.165, 1.54) is 15.6 Å². The Hall–Kier alpha value is -3.24. The Labute approximate surface area is 162 Å². The summed E-state index contributed by atoms with van der Waals surface area (Å²) >= 11 is 1.75. The van der Waals surface area contributed by atoms with Gasteiger partial charge in [0.1, 0.15) is 0 Å². The predicted molar refractivity (Wildman–Crippen MR) is 113 cm³/mol. The molecule has 2 aromatic carbocycles. The van der Waals surface area contributed by atoms with Crippen molar-refractivity contribution in [3.05, 3.63) is 101 Å². The molecule has 2 aromatic heterocycles. The number of fused-ring (bicyclic) bond motifs is 1. The van der Waals surface area contributed by atoms with Gasteiger partial charge in [0.2, 0.25) is 0 Å². The fourth-order valence-electron chi connectivity index (χ4n) is 2.89. The molecular formula is C23H18N2OS. The van der Waals surface area contributed by atoms with Crippen LogP contribution in [0.4, 0.5) is 5.69 Å². The third-order valence-corrected chi connectivity index (χ3v) is 5.32. The summed E-state index contributed by atoms with van der Waals surface area (Å²) in [6.45, 7) is 0.729. The molecule has 4 rings (SSSR count). The molecule has 2 heterocycles. The van der Waals surface area contributed by atoms with E-state index in [0.717, 1.165) is 17.8 Å². The average Bonchev–Trinajstić information content (AvgIpc) is 3.15. The Morgan fingerprint density at radius 3 is 2.89 bits per heavy atom. The van der Waals surface area contributed by atoms with Gasteiger partial charge in [-0.05, 0) is 58.3 Å². The highest BCUT2D eigenvalue weighted by Crippen LogP contribution is 2.26. The molecular weight excluding hydrogens is 352 g/mol. The molecule has 4 heteroatoms. The fraction of sp³-hybridized carbons (Fsp3) is 0.0435. The molecule has 0 atom stereocenters. The molecule has 0 aliphatic rings. The van der Waals surface area contributed by atoms with Crippen LogP contribution in [-0.4, -0.2) is 10.8 Å². The maximum absolute atomic E-state index is 12.4. The van der Waals surface area contributed by atoms with Gasteiger partial charge in [0.15, 0.2) is 5.78 Å². The Bertz CT molecular complexity index is 1100. The highest BCUT2D eigenvalue weighted by Gasteiger charge is 2.05. The molecule has 4 aromatic rings. The lowest BCUT2D eigenvalue weighted by atomic mass is 10.1. The number of anilines is 1. The van der Waals surface area contributed by atoms with Gasteiger partial charge in [-0.25, -0.2) is 0 Å². The largest absolute Gasteiger partial charge is 0.381 e. The van der Waals surface area contributed by atoms with Gasteiger partial charge in [-0.15, -0.1) is 11.3 Å². The lowest BCUT2D eigenvalue weighted by molar-refractivity contribution is 0.104. The van der Waals surface area contributed by atoms with Gasteiger partial charge in [0, 0.05) is 34.9 Å². The molecule has 0 amide bonds. The summed E-state index contributed by atoms with van der Waals surface area (Å²) in [5.74, 6) is -0.0245. The number of carbonyl (C=O) groups is 1. The summed E-state index contributed by atoms with van der Waals surface area (Å²) in [6, 6.07) is 19.8. The Kier molecular flexibility index (Phi) is 5.08. The van der Waals surface area contributed by atoms with Crippen molar-refractivity contribution in [3.63, 3.8) is 0 Å². The van der Waals surface area contributed by atoms with Crippen LogP contribution in [0.1, 0.15) is 21.5 Å². The number of carbonyl (C=O) groups excluding carboxylic acids is 1. The molecule has 0 fully saturated rings. The molecule has 3 nitrogen and oxygen atoms in total.